The highest BCUT2D eigenvalue weighted by Gasteiger charge is 2.19. The lowest BCUT2D eigenvalue weighted by atomic mass is 9.86. The van der Waals surface area contributed by atoms with Crippen LogP contribution in [0.25, 0.3) is 10.9 Å². The molecular formula is C23H30N4O4S. The van der Waals surface area contributed by atoms with Crippen LogP contribution in [0.15, 0.2) is 36.4 Å². The molecule has 1 aromatic heterocycles. The number of aryl methyl sites for hydroxylation is 1. The number of nitro groups is 1. The molecule has 0 aliphatic carbocycles. The summed E-state index contributed by atoms with van der Waals surface area (Å²) >= 11 is 1.57. The summed E-state index contributed by atoms with van der Waals surface area (Å²) in [6, 6.07) is 10.7. The molecule has 0 spiro atoms. The number of anilines is 2. The number of fused-ring (bicyclic) bond motifs is 1. The van der Waals surface area contributed by atoms with Crippen LogP contribution < -0.4 is 14.8 Å². The van der Waals surface area contributed by atoms with Crippen LogP contribution in [-0.4, -0.2) is 36.2 Å². The molecule has 0 atom stereocenters. The summed E-state index contributed by atoms with van der Waals surface area (Å²) in [7, 11) is 5.24. The van der Waals surface area contributed by atoms with Crippen LogP contribution in [0.4, 0.5) is 17.1 Å². The Bertz CT molecular complexity index is 1120. The first-order valence-electron chi connectivity index (χ1n) is 9.96. The van der Waals surface area contributed by atoms with Crippen LogP contribution in [-0.2, 0) is 12.5 Å². The zero-order valence-electron chi connectivity index (χ0n) is 19.5. The van der Waals surface area contributed by atoms with Gasteiger partial charge in [-0.05, 0) is 29.2 Å². The van der Waals surface area contributed by atoms with Crippen molar-refractivity contribution in [3.05, 3.63) is 57.8 Å². The maximum absolute atomic E-state index is 10.8. The average molecular weight is 459 g/mol. The molecule has 8 nitrogen and oxygen atoms in total. The molecule has 0 saturated carbocycles. The number of nitro benzene ring substituents is 1. The van der Waals surface area contributed by atoms with E-state index in [0.29, 0.717) is 22.9 Å². The van der Waals surface area contributed by atoms with E-state index in [2.05, 4.69) is 42.9 Å². The van der Waals surface area contributed by atoms with Crippen molar-refractivity contribution in [2.75, 3.05) is 30.5 Å². The normalized spacial score (nSPS) is 10.8. The molecule has 32 heavy (non-hydrogen) atoms. The smallest absolute Gasteiger partial charge is 0.293 e. The summed E-state index contributed by atoms with van der Waals surface area (Å²) in [5, 5.41) is 14.7. The lowest BCUT2D eigenvalue weighted by Gasteiger charge is -2.23. The minimum atomic E-state index is -0.448. The Kier molecular flexibility index (Phi) is 8.15. The Balaban J connectivity index is 0.000000228. The van der Waals surface area contributed by atoms with Gasteiger partial charge in [-0.2, -0.15) is 0 Å². The predicted octanol–water partition coefficient (Wildman–Crippen LogP) is 5.62. The first kappa shape index (κ1) is 25.1. The molecule has 0 amide bonds. The van der Waals surface area contributed by atoms with Gasteiger partial charge in [-0.1, -0.05) is 44.9 Å². The van der Waals surface area contributed by atoms with E-state index < -0.39 is 4.92 Å². The van der Waals surface area contributed by atoms with E-state index >= 15 is 0 Å². The van der Waals surface area contributed by atoms with Crippen LogP contribution in [0.1, 0.15) is 36.8 Å². The molecule has 0 saturated heterocycles. The van der Waals surface area contributed by atoms with Gasteiger partial charge in [-0.25, -0.2) is 0 Å². The fourth-order valence-corrected chi connectivity index (χ4v) is 3.70. The fourth-order valence-electron chi connectivity index (χ4n) is 3.33. The van der Waals surface area contributed by atoms with Crippen molar-refractivity contribution in [3.8, 4) is 5.75 Å². The van der Waals surface area contributed by atoms with Gasteiger partial charge in [-0.3, -0.25) is 14.9 Å². The monoisotopic (exact) mass is 458 g/mol. The number of carbonyl (C=O) groups excluding carboxylic acids is 1. The Morgan fingerprint density at radius 2 is 1.84 bits per heavy atom. The molecule has 9 heteroatoms. The third kappa shape index (κ3) is 5.34. The van der Waals surface area contributed by atoms with E-state index in [1.807, 2.05) is 13.3 Å². The Morgan fingerprint density at radius 1 is 1.19 bits per heavy atom. The highest BCUT2D eigenvalue weighted by molar-refractivity contribution is 7.99. The van der Waals surface area contributed by atoms with Gasteiger partial charge >= 0.3 is 0 Å². The zero-order chi connectivity index (χ0) is 24.1. The molecule has 0 radical (unpaired) electrons. The Morgan fingerprint density at radius 3 is 2.34 bits per heavy atom. The molecule has 3 aromatic rings. The molecule has 0 fully saturated rings. The van der Waals surface area contributed by atoms with Gasteiger partial charge in [0.15, 0.2) is 12.0 Å². The molecule has 1 heterocycles. The van der Waals surface area contributed by atoms with Crippen LogP contribution >= 0.6 is 11.9 Å². The van der Waals surface area contributed by atoms with E-state index in [1.54, 1.807) is 44.3 Å². The van der Waals surface area contributed by atoms with E-state index in [1.165, 1.54) is 16.2 Å². The Labute approximate surface area is 192 Å². The summed E-state index contributed by atoms with van der Waals surface area (Å²) < 4.78 is 10.2. The van der Waals surface area contributed by atoms with E-state index in [0.717, 1.165) is 17.1 Å². The molecular weight excluding hydrogens is 428 g/mol. The van der Waals surface area contributed by atoms with Crippen molar-refractivity contribution >= 4 is 46.2 Å². The quantitative estimate of drug-likeness (QED) is 0.214. The first-order chi connectivity index (χ1) is 15.1. The van der Waals surface area contributed by atoms with Crippen molar-refractivity contribution in [1.82, 2.24) is 4.57 Å². The molecule has 2 aromatic carbocycles. The highest BCUT2D eigenvalue weighted by Crippen LogP contribution is 2.39. The number of nitrogens with one attached hydrogen (secondary N) is 2. The summed E-state index contributed by atoms with van der Waals surface area (Å²) in [5.41, 5.74) is 4.34. The molecule has 172 valence electrons. The Hall–Kier alpha value is -3.20. The molecule has 0 unspecified atom stereocenters. The second-order valence-electron chi connectivity index (χ2n) is 8.13. The fraction of sp³-hybridized carbons (Fsp3) is 0.348. The summed E-state index contributed by atoms with van der Waals surface area (Å²) in [6.45, 7) is 6.62. The van der Waals surface area contributed by atoms with Crippen LogP contribution in [0.3, 0.4) is 0 Å². The minimum absolute atomic E-state index is 0.0168. The lowest BCUT2D eigenvalue weighted by Crippen LogP contribution is -2.12. The van der Waals surface area contributed by atoms with Gasteiger partial charge in [0, 0.05) is 31.8 Å². The van der Waals surface area contributed by atoms with E-state index in [9.17, 15) is 14.9 Å². The number of benzene rings is 2. The second-order valence-corrected chi connectivity index (χ2v) is 8.74. The highest BCUT2D eigenvalue weighted by atomic mass is 32.2. The van der Waals surface area contributed by atoms with Crippen molar-refractivity contribution < 1.29 is 14.5 Å². The summed E-state index contributed by atoms with van der Waals surface area (Å²) in [4.78, 5) is 21.0. The molecule has 0 aliphatic heterocycles. The number of ether oxygens (including phenoxy) is 1. The van der Waals surface area contributed by atoms with Gasteiger partial charge in [-0.15, -0.1) is 0 Å². The van der Waals surface area contributed by atoms with Crippen molar-refractivity contribution in [2.45, 2.75) is 26.2 Å². The van der Waals surface area contributed by atoms with Crippen LogP contribution in [0, 0.1) is 10.1 Å². The summed E-state index contributed by atoms with van der Waals surface area (Å²) in [5.74, 6) is 0.856. The average Bonchev–Trinajstić information content (AvgIpc) is 3.09. The standard InChI is InChI=1S/C13H22N2OS.C10H8N2O3/c1-13(2,3)9-7-10(14-4)12(16-5)11(8-9)15-17-6;1-11-8(6-13)5-7-3-2-4-9(10(7)11)12(14)15/h7-8,14-15H,1-6H3;2-6H,1H3. The number of aromatic nitrogens is 1. The first-order valence-corrected chi connectivity index (χ1v) is 11.2. The lowest BCUT2D eigenvalue weighted by molar-refractivity contribution is -0.383. The van der Waals surface area contributed by atoms with E-state index in [-0.39, 0.29) is 11.1 Å². The zero-order valence-corrected chi connectivity index (χ0v) is 20.3. The minimum Gasteiger partial charge on any atom is -0.492 e. The number of para-hydroxylation sites is 1. The van der Waals surface area contributed by atoms with Gasteiger partial charge in [0.2, 0.25) is 0 Å². The number of hydrogen-bond donors (Lipinski definition) is 2. The molecule has 0 aliphatic rings. The number of non-ortho nitro benzene ring substituents is 1. The maximum atomic E-state index is 10.8. The second kappa shape index (κ2) is 10.4. The topological polar surface area (TPSA) is 98.4 Å². The largest absolute Gasteiger partial charge is 0.492 e. The van der Waals surface area contributed by atoms with Gasteiger partial charge < -0.3 is 19.3 Å². The number of aldehydes is 1. The van der Waals surface area contributed by atoms with Crippen molar-refractivity contribution in [1.29, 1.82) is 0 Å². The third-order valence-electron chi connectivity index (χ3n) is 5.03. The molecule has 0 bridgehead atoms. The number of hydrogen-bond acceptors (Lipinski definition) is 7. The van der Waals surface area contributed by atoms with Gasteiger partial charge in [0.25, 0.3) is 5.69 Å². The number of nitrogens with zero attached hydrogens (tertiary/aromatic N) is 2. The number of rotatable bonds is 6. The number of methoxy groups -OCH3 is 1. The summed E-state index contributed by atoms with van der Waals surface area (Å²) in [6.07, 6.45) is 2.69. The van der Waals surface area contributed by atoms with Crippen molar-refractivity contribution in [3.63, 3.8) is 0 Å². The number of carbonyl (C=O) groups is 1. The maximum Gasteiger partial charge on any atom is 0.293 e. The van der Waals surface area contributed by atoms with Crippen molar-refractivity contribution in [2.24, 2.45) is 7.05 Å². The van der Waals surface area contributed by atoms with Gasteiger partial charge in [0.1, 0.15) is 5.52 Å². The van der Waals surface area contributed by atoms with Crippen LogP contribution in [0.2, 0.25) is 0 Å². The van der Waals surface area contributed by atoms with E-state index in [4.69, 9.17) is 4.74 Å². The SMILES string of the molecule is CNc1cc(C(C)(C)C)cc(NSC)c1OC.Cn1c(C=O)cc2cccc([N+](=O)[O-])c21. The van der Waals surface area contributed by atoms with Crippen LogP contribution in [0.5, 0.6) is 5.75 Å². The molecule has 2 N–H and O–H groups in total. The molecule has 3 rings (SSSR count). The third-order valence-corrected chi connectivity index (χ3v) is 5.45. The van der Waals surface area contributed by atoms with Gasteiger partial charge in [0.05, 0.1) is 29.1 Å². The predicted molar refractivity (Wildman–Crippen MR) is 133 cm³/mol.